The number of aliphatic imine (C=N–C) groups is 1. The van der Waals surface area contributed by atoms with Crippen molar-refractivity contribution in [1.29, 1.82) is 0 Å². The second kappa shape index (κ2) is 13.4. The van der Waals surface area contributed by atoms with Crippen LogP contribution in [0.1, 0.15) is 18.5 Å². The lowest BCUT2D eigenvalue weighted by Gasteiger charge is -2.35. The molecule has 176 valence electrons. The van der Waals surface area contributed by atoms with E-state index < -0.39 is 0 Å². The van der Waals surface area contributed by atoms with Crippen molar-refractivity contribution in [1.82, 2.24) is 10.2 Å². The molecular formula is C23H32FIN4O3. The molecule has 32 heavy (non-hydrogen) atoms. The van der Waals surface area contributed by atoms with Gasteiger partial charge in [-0.25, -0.2) is 4.39 Å². The van der Waals surface area contributed by atoms with Crippen LogP contribution in [-0.2, 0) is 4.74 Å². The summed E-state index contributed by atoms with van der Waals surface area (Å²) in [7, 11) is 3.33. The molecule has 1 aliphatic rings. The number of guanidine groups is 1. The van der Waals surface area contributed by atoms with Gasteiger partial charge >= 0.3 is 0 Å². The quantitative estimate of drug-likeness (QED) is 0.291. The van der Waals surface area contributed by atoms with Gasteiger partial charge in [0.25, 0.3) is 0 Å². The van der Waals surface area contributed by atoms with Crippen molar-refractivity contribution in [2.75, 3.05) is 58.9 Å². The highest BCUT2D eigenvalue weighted by atomic mass is 127. The number of benzene rings is 2. The summed E-state index contributed by atoms with van der Waals surface area (Å²) in [5.41, 5.74) is 1.75. The zero-order chi connectivity index (χ0) is 22.1. The predicted molar refractivity (Wildman–Crippen MR) is 136 cm³/mol. The highest BCUT2D eigenvalue weighted by Gasteiger charge is 2.23. The van der Waals surface area contributed by atoms with Crippen molar-refractivity contribution < 1.29 is 18.6 Å². The molecule has 2 aromatic carbocycles. The molecule has 0 aromatic heterocycles. The third-order valence-electron chi connectivity index (χ3n) is 5.13. The van der Waals surface area contributed by atoms with Gasteiger partial charge in [-0.15, -0.1) is 24.0 Å². The monoisotopic (exact) mass is 558 g/mol. The fourth-order valence-electron chi connectivity index (χ4n) is 3.59. The van der Waals surface area contributed by atoms with E-state index in [1.165, 1.54) is 6.07 Å². The number of nitrogens with zero attached hydrogens (tertiary/aromatic N) is 2. The van der Waals surface area contributed by atoms with Crippen LogP contribution in [0.25, 0.3) is 0 Å². The summed E-state index contributed by atoms with van der Waals surface area (Å²) >= 11 is 0. The number of nitrogens with one attached hydrogen (secondary N) is 2. The number of methoxy groups -OCH3 is 1. The topological polar surface area (TPSA) is 67.4 Å². The molecule has 0 aliphatic carbocycles. The Morgan fingerprint density at radius 1 is 1.19 bits per heavy atom. The van der Waals surface area contributed by atoms with Crippen LogP contribution >= 0.6 is 24.0 Å². The number of ether oxygens (including phenoxy) is 3. The Morgan fingerprint density at radius 3 is 2.62 bits per heavy atom. The first-order valence-corrected chi connectivity index (χ1v) is 10.5. The second-order valence-electron chi connectivity index (χ2n) is 7.10. The highest BCUT2D eigenvalue weighted by Crippen LogP contribution is 2.30. The molecule has 1 atom stereocenters. The molecule has 1 heterocycles. The van der Waals surface area contributed by atoms with E-state index in [2.05, 4.69) is 20.5 Å². The first kappa shape index (κ1) is 26.1. The molecule has 0 radical (unpaired) electrons. The van der Waals surface area contributed by atoms with Gasteiger partial charge in [0.2, 0.25) is 0 Å². The number of rotatable bonds is 8. The van der Waals surface area contributed by atoms with Crippen LogP contribution in [0.3, 0.4) is 0 Å². The summed E-state index contributed by atoms with van der Waals surface area (Å²) in [5.74, 6) is 1.72. The van der Waals surface area contributed by atoms with E-state index in [4.69, 9.17) is 14.2 Å². The normalized spacial score (nSPS) is 15.4. The van der Waals surface area contributed by atoms with Crippen LogP contribution in [0.15, 0.2) is 47.5 Å². The van der Waals surface area contributed by atoms with E-state index in [9.17, 15) is 4.39 Å². The maximum atomic E-state index is 13.9. The average Bonchev–Trinajstić information content (AvgIpc) is 2.79. The molecule has 2 N–H and O–H groups in total. The van der Waals surface area contributed by atoms with Crippen LogP contribution in [-0.4, -0.2) is 64.5 Å². The van der Waals surface area contributed by atoms with Gasteiger partial charge in [-0.1, -0.05) is 12.1 Å². The lowest BCUT2D eigenvalue weighted by atomic mass is 10.0. The third-order valence-corrected chi connectivity index (χ3v) is 5.13. The maximum absolute atomic E-state index is 13.9. The number of hydrogen-bond acceptors (Lipinski definition) is 5. The molecule has 0 spiro atoms. The Kier molecular flexibility index (Phi) is 11.0. The van der Waals surface area contributed by atoms with Gasteiger partial charge in [-0.2, -0.15) is 0 Å². The van der Waals surface area contributed by atoms with Crippen molar-refractivity contribution in [2.24, 2.45) is 4.99 Å². The van der Waals surface area contributed by atoms with E-state index in [0.29, 0.717) is 43.8 Å². The molecular weight excluding hydrogens is 526 g/mol. The van der Waals surface area contributed by atoms with E-state index in [0.717, 1.165) is 24.3 Å². The Hall–Kier alpha value is -2.11. The summed E-state index contributed by atoms with van der Waals surface area (Å²) in [4.78, 5) is 6.64. The molecule has 1 unspecified atom stereocenters. The standard InChI is InChI=1S/C23H31FN4O3.HI/c1-4-31-22-15-19(8-9-21(22)29-3)27-23(25-2)26-16-20(28-10-12-30-13-11-28)17-6-5-7-18(24)14-17;/h5-9,14-15,20H,4,10-13,16H2,1-3H3,(H2,25,26,27);1H. The maximum Gasteiger partial charge on any atom is 0.195 e. The van der Waals surface area contributed by atoms with Gasteiger partial charge in [0.1, 0.15) is 5.82 Å². The zero-order valence-electron chi connectivity index (χ0n) is 18.8. The molecule has 7 nitrogen and oxygen atoms in total. The fourth-order valence-corrected chi connectivity index (χ4v) is 3.59. The van der Waals surface area contributed by atoms with Crippen molar-refractivity contribution in [3.8, 4) is 11.5 Å². The molecule has 9 heteroatoms. The van der Waals surface area contributed by atoms with Gasteiger partial charge < -0.3 is 24.8 Å². The minimum atomic E-state index is -0.236. The van der Waals surface area contributed by atoms with Crippen molar-refractivity contribution in [2.45, 2.75) is 13.0 Å². The van der Waals surface area contributed by atoms with Gasteiger partial charge in [-0.05, 0) is 36.8 Å². The molecule has 3 rings (SSSR count). The minimum absolute atomic E-state index is 0. The molecule has 2 aromatic rings. The largest absolute Gasteiger partial charge is 0.493 e. The summed E-state index contributed by atoms with van der Waals surface area (Å²) in [6.45, 7) is 5.98. The highest BCUT2D eigenvalue weighted by molar-refractivity contribution is 14.0. The predicted octanol–water partition coefficient (Wildman–Crippen LogP) is 3.91. The summed E-state index contributed by atoms with van der Waals surface area (Å²) in [5, 5.41) is 6.66. The number of anilines is 1. The Morgan fingerprint density at radius 2 is 1.97 bits per heavy atom. The number of hydrogen-bond donors (Lipinski definition) is 2. The fraction of sp³-hybridized carbons (Fsp3) is 0.435. The van der Waals surface area contributed by atoms with Crippen LogP contribution in [0.5, 0.6) is 11.5 Å². The Labute approximate surface area is 206 Å². The lowest BCUT2D eigenvalue weighted by molar-refractivity contribution is 0.0170. The van der Waals surface area contributed by atoms with E-state index in [-0.39, 0.29) is 35.8 Å². The Bertz CT molecular complexity index is 878. The summed E-state index contributed by atoms with van der Waals surface area (Å²) < 4.78 is 30.4. The van der Waals surface area contributed by atoms with Gasteiger partial charge in [-0.3, -0.25) is 9.89 Å². The average molecular weight is 558 g/mol. The van der Waals surface area contributed by atoms with Gasteiger partial charge in [0, 0.05) is 38.4 Å². The zero-order valence-corrected chi connectivity index (χ0v) is 21.1. The minimum Gasteiger partial charge on any atom is -0.493 e. The number of halogens is 2. The second-order valence-corrected chi connectivity index (χ2v) is 7.10. The SMILES string of the molecule is CCOc1cc(NC(=NC)NCC(c2cccc(F)c2)N2CCOCC2)ccc1OC.I. The molecule has 1 aliphatic heterocycles. The van der Waals surface area contributed by atoms with E-state index >= 15 is 0 Å². The van der Waals surface area contributed by atoms with E-state index in [1.54, 1.807) is 26.3 Å². The van der Waals surface area contributed by atoms with E-state index in [1.807, 2.05) is 31.2 Å². The van der Waals surface area contributed by atoms with Crippen molar-refractivity contribution >= 4 is 35.6 Å². The summed E-state index contributed by atoms with van der Waals surface area (Å²) in [6, 6.07) is 12.4. The van der Waals surface area contributed by atoms with Crippen molar-refractivity contribution in [3.05, 3.63) is 53.8 Å². The first-order valence-electron chi connectivity index (χ1n) is 10.5. The molecule has 1 fully saturated rings. The summed E-state index contributed by atoms with van der Waals surface area (Å²) in [6.07, 6.45) is 0. The van der Waals surface area contributed by atoms with Crippen LogP contribution in [0.4, 0.5) is 10.1 Å². The molecule has 0 bridgehead atoms. The number of morpholine rings is 1. The van der Waals surface area contributed by atoms with Crippen LogP contribution in [0, 0.1) is 5.82 Å². The Balaban J connectivity index is 0.00000363. The van der Waals surface area contributed by atoms with Crippen LogP contribution in [0.2, 0.25) is 0 Å². The molecule has 0 amide bonds. The first-order chi connectivity index (χ1) is 15.1. The molecule has 0 saturated carbocycles. The lowest BCUT2D eigenvalue weighted by Crippen LogP contribution is -2.44. The smallest absolute Gasteiger partial charge is 0.195 e. The third kappa shape index (κ3) is 7.21. The van der Waals surface area contributed by atoms with Crippen molar-refractivity contribution in [3.63, 3.8) is 0 Å². The van der Waals surface area contributed by atoms with Crippen LogP contribution < -0.4 is 20.1 Å². The van der Waals surface area contributed by atoms with Gasteiger partial charge in [0.15, 0.2) is 17.5 Å². The molecule has 1 saturated heterocycles. The van der Waals surface area contributed by atoms with Gasteiger partial charge in [0.05, 0.1) is 33.0 Å².